The summed E-state index contributed by atoms with van der Waals surface area (Å²) < 4.78 is 2.33. The van der Waals surface area contributed by atoms with Crippen molar-refractivity contribution in [3.63, 3.8) is 0 Å². The van der Waals surface area contributed by atoms with E-state index in [9.17, 15) is 4.79 Å². The monoisotopic (exact) mass is 355 g/mol. The van der Waals surface area contributed by atoms with E-state index in [0.717, 1.165) is 36.6 Å². The van der Waals surface area contributed by atoms with Gasteiger partial charge in [-0.1, -0.05) is 58.1 Å². The maximum atomic E-state index is 12.4. The van der Waals surface area contributed by atoms with Gasteiger partial charge in [-0.05, 0) is 37.3 Å². The molecule has 1 aromatic heterocycles. The van der Waals surface area contributed by atoms with E-state index in [4.69, 9.17) is 4.98 Å². The second-order valence-corrected chi connectivity index (χ2v) is 7.69. The maximum Gasteiger partial charge on any atom is 0.223 e. The topological polar surface area (TPSA) is 46.9 Å². The Morgan fingerprint density at radius 3 is 2.65 bits per heavy atom. The van der Waals surface area contributed by atoms with Crippen molar-refractivity contribution in [3.8, 4) is 0 Å². The molecule has 1 aliphatic rings. The van der Waals surface area contributed by atoms with Gasteiger partial charge in [0.15, 0.2) is 0 Å². The lowest BCUT2D eigenvalue weighted by Crippen LogP contribution is -2.30. The number of fused-ring (bicyclic) bond motifs is 1. The Hall–Kier alpha value is -1.84. The fourth-order valence-corrected chi connectivity index (χ4v) is 4.27. The van der Waals surface area contributed by atoms with E-state index >= 15 is 0 Å². The molecule has 0 radical (unpaired) electrons. The molecule has 1 saturated carbocycles. The number of imidazole rings is 1. The van der Waals surface area contributed by atoms with Gasteiger partial charge in [-0.15, -0.1) is 0 Å². The van der Waals surface area contributed by atoms with E-state index in [0.29, 0.717) is 6.54 Å². The minimum atomic E-state index is 0.107. The van der Waals surface area contributed by atoms with Gasteiger partial charge in [-0.2, -0.15) is 0 Å². The van der Waals surface area contributed by atoms with Crippen LogP contribution < -0.4 is 5.32 Å². The number of benzene rings is 1. The van der Waals surface area contributed by atoms with E-state index < -0.39 is 0 Å². The first kappa shape index (κ1) is 18.9. The van der Waals surface area contributed by atoms with Crippen LogP contribution in [-0.4, -0.2) is 15.5 Å². The Morgan fingerprint density at radius 1 is 1.19 bits per heavy atom. The third-order valence-corrected chi connectivity index (χ3v) is 6.00. The van der Waals surface area contributed by atoms with Gasteiger partial charge in [0.2, 0.25) is 5.91 Å². The van der Waals surface area contributed by atoms with Crippen LogP contribution in [0.25, 0.3) is 11.0 Å². The Kier molecular flexibility index (Phi) is 6.70. The van der Waals surface area contributed by atoms with Crippen LogP contribution in [0.4, 0.5) is 0 Å². The first-order valence-electron chi connectivity index (χ1n) is 10.4. The van der Waals surface area contributed by atoms with Crippen molar-refractivity contribution < 1.29 is 4.79 Å². The van der Waals surface area contributed by atoms with Gasteiger partial charge in [0, 0.05) is 12.5 Å². The van der Waals surface area contributed by atoms with Crippen LogP contribution in [0.15, 0.2) is 24.3 Å². The molecule has 0 unspecified atom stereocenters. The average Bonchev–Trinajstić information content (AvgIpc) is 3.04. The lowest BCUT2D eigenvalue weighted by molar-refractivity contribution is -0.125. The molecule has 26 heavy (non-hydrogen) atoms. The first-order valence-corrected chi connectivity index (χ1v) is 10.4. The summed E-state index contributed by atoms with van der Waals surface area (Å²) in [7, 11) is 0. The van der Waals surface area contributed by atoms with Gasteiger partial charge in [0.1, 0.15) is 5.82 Å². The van der Waals surface area contributed by atoms with Crippen LogP contribution in [-0.2, 0) is 17.9 Å². The highest BCUT2D eigenvalue weighted by Gasteiger charge is 2.18. The Bertz CT molecular complexity index is 711. The molecule has 1 N–H and O–H groups in total. The molecule has 0 spiro atoms. The van der Waals surface area contributed by atoms with Crippen LogP contribution >= 0.6 is 0 Å². The van der Waals surface area contributed by atoms with Crippen LogP contribution in [0.5, 0.6) is 0 Å². The maximum absolute atomic E-state index is 12.4. The number of hydrogen-bond acceptors (Lipinski definition) is 2. The van der Waals surface area contributed by atoms with Gasteiger partial charge in [0.25, 0.3) is 0 Å². The van der Waals surface area contributed by atoms with Crippen molar-refractivity contribution in [3.05, 3.63) is 30.1 Å². The highest BCUT2D eigenvalue weighted by molar-refractivity contribution is 5.79. The molecule has 1 fully saturated rings. The third-order valence-electron chi connectivity index (χ3n) is 6.00. The predicted octanol–water partition coefficient (Wildman–Crippen LogP) is 5.06. The molecule has 0 aliphatic heterocycles. The van der Waals surface area contributed by atoms with E-state index in [1.54, 1.807) is 0 Å². The zero-order chi connectivity index (χ0) is 18.4. The summed E-state index contributed by atoms with van der Waals surface area (Å²) in [5.41, 5.74) is 2.22. The number of hydrogen-bond donors (Lipinski definition) is 1. The number of para-hydroxylation sites is 2. The fraction of sp³-hybridized carbons (Fsp3) is 0.636. The van der Waals surface area contributed by atoms with Crippen molar-refractivity contribution in [1.82, 2.24) is 14.9 Å². The number of carbonyl (C=O) groups is 1. The van der Waals surface area contributed by atoms with Crippen molar-refractivity contribution in [2.24, 2.45) is 11.8 Å². The van der Waals surface area contributed by atoms with Crippen molar-refractivity contribution in [1.29, 1.82) is 0 Å². The van der Waals surface area contributed by atoms with Gasteiger partial charge in [0.05, 0.1) is 17.6 Å². The highest BCUT2D eigenvalue weighted by atomic mass is 16.1. The lowest BCUT2D eigenvalue weighted by atomic mass is 9.87. The molecule has 4 nitrogen and oxygen atoms in total. The van der Waals surface area contributed by atoms with Crippen molar-refractivity contribution in [2.45, 2.75) is 78.3 Å². The minimum absolute atomic E-state index is 0.107. The molecule has 3 rings (SSSR count). The van der Waals surface area contributed by atoms with E-state index in [-0.39, 0.29) is 11.8 Å². The number of carbonyl (C=O) groups excluding carboxylic acids is 1. The van der Waals surface area contributed by atoms with E-state index in [1.165, 1.54) is 44.0 Å². The predicted molar refractivity (Wildman–Crippen MR) is 107 cm³/mol. The summed E-state index contributed by atoms with van der Waals surface area (Å²) in [6.45, 7) is 5.68. The average molecular weight is 356 g/mol. The first-order chi connectivity index (χ1) is 12.7. The number of nitrogens with one attached hydrogen (secondary N) is 1. The molecule has 0 bridgehead atoms. The molecule has 2 aromatic rings. The highest BCUT2D eigenvalue weighted by Crippen LogP contribution is 2.27. The Labute approximate surface area is 157 Å². The van der Waals surface area contributed by atoms with Gasteiger partial charge in [-0.3, -0.25) is 4.79 Å². The van der Waals surface area contributed by atoms with Crippen LogP contribution in [0.1, 0.15) is 71.0 Å². The van der Waals surface area contributed by atoms with E-state index in [2.05, 4.69) is 41.9 Å². The zero-order valence-electron chi connectivity index (χ0n) is 16.3. The molecule has 1 aliphatic carbocycles. The molecule has 0 atom stereocenters. The van der Waals surface area contributed by atoms with Crippen molar-refractivity contribution in [2.75, 3.05) is 0 Å². The minimum Gasteiger partial charge on any atom is -0.349 e. The van der Waals surface area contributed by atoms with Gasteiger partial charge >= 0.3 is 0 Å². The second-order valence-electron chi connectivity index (χ2n) is 7.69. The second kappa shape index (κ2) is 9.20. The molecular formula is C22H33N3O. The smallest absolute Gasteiger partial charge is 0.223 e. The normalized spacial score (nSPS) is 15.7. The molecule has 1 heterocycles. The molecular weight excluding hydrogens is 322 g/mol. The zero-order valence-corrected chi connectivity index (χ0v) is 16.3. The lowest BCUT2D eigenvalue weighted by Gasteiger charge is -2.22. The number of nitrogens with zero attached hydrogens (tertiary/aromatic N) is 2. The SMILES string of the molecule is CCC(CC)C(=O)NCc1nc2ccccc2n1CCC1CCCCC1. The van der Waals surface area contributed by atoms with Gasteiger partial charge in [-0.25, -0.2) is 4.98 Å². The van der Waals surface area contributed by atoms with Crippen LogP contribution in [0.2, 0.25) is 0 Å². The number of aromatic nitrogens is 2. The summed E-state index contributed by atoms with van der Waals surface area (Å²) in [5, 5.41) is 3.12. The molecule has 1 aromatic carbocycles. The van der Waals surface area contributed by atoms with Crippen LogP contribution in [0, 0.1) is 11.8 Å². The van der Waals surface area contributed by atoms with Crippen molar-refractivity contribution >= 4 is 16.9 Å². The number of rotatable bonds is 8. The van der Waals surface area contributed by atoms with Gasteiger partial charge < -0.3 is 9.88 Å². The van der Waals surface area contributed by atoms with Crippen LogP contribution in [0.3, 0.4) is 0 Å². The summed E-state index contributed by atoms with van der Waals surface area (Å²) in [4.78, 5) is 17.2. The number of aryl methyl sites for hydroxylation is 1. The summed E-state index contributed by atoms with van der Waals surface area (Å²) in [6.07, 6.45) is 9.90. The summed E-state index contributed by atoms with van der Waals surface area (Å²) in [6, 6.07) is 8.33. The molecule has 142 valence electrons. The van der Waals surface area contributed by atoms with E-state index in [1.807, 2.05) is 6.07 Å². The number of amides is 1. The molecule has 1 amide bonds. The Morgan fingerprint density at radius 2 is 1.92 bits per heavy atom. The fourth-order valence-electron chi connectivity index (χ4n) is 4.27. The third kappa shape index (κ3) is 4.46. The molecule has 0 saturated heterocycles. The largest absolute Gasteiger partial charge is 0.349 e. The quantitative estimate of drug-likeness (QED) is 0.719. The summed E-state index contributed by atoms with van der Waals surface area (Å²) >= 11 is 0. The summed E-state index contributed by atoms with van der Waals surface area (Å²) in [5.74, 6) is 2.09. The Balaban J connectivity index is 1.72. The standard InChI is InChI=1S/C22H33N3O/c1-3-18(4-2)22(26)23-16-21-24-19-12-8-9-13-20(19)25(21)15-14-17-10-6-5-7-11-17/h8-9,12-13,17-18H,3-7,10-11,14-16H2,1-2H3,(H,23,26). The molecule has 4 heteroatoms.